The molecule has 5 rings (SSSR count). The zero-order valence-corrected chi connectivity index (χ0v) is 16.8. The molecule has 2 aromatic heterocycles. The average Bonchev–Trinajstić information content (AvgIpc) is 3.21. The van der Waals surface area contributed by atoms with Gasteiger partial charge in [-0.15, -0.1) is 11.3 Å². The predicted octanol–water partition coefficient (Wildman–Crippen LogP) is 5.09. The molecule has 4 aromatic rings. The Bertz CT molecular complexity index is 1120. The number of fused-ring (bicyclic) bond motifs is 2. The number of thiazole rings is 1. The highest BCUT2D eigenvalue weighted by molar-refractivity contribution is 7.18. The molecule has 2 unspecified atom stereocenters. The van der Waals surface area contributed by atoms with Crippen molar-refractivity contribution in [1.29, 1.82) is 0 Å². The van der Waals surface area contributed by atoms with E-state index in [9.17, 15) is 0 Å². The van der Waals surface area contributed by atoms with Crippen molar-refractivity contribution in [1.82, 2.24) is 20.1 Å². The molecule has 27 heavy (non-hydrogen) atoms. The second kappa shape index (κ2) is 6.43. The smallest absolute Gasteiger partial charge is 0.0970 e. The minimum absolute atomic E-state index is 0.563. The molecule has 3 heterocycles. The number of benzene rings is 2. The summed E-state index contributed by atoms with van der Waals surface area (Å²) < 4.78 is 3.15. The van der Waals surface area contributed by atoms with Crippen molar-refractivity contribution in [3.8, 4) is 11.1 Å². The van der Waals surface area contributed by atoms with Gasteiger partial charge in [-0.05, 0) is 62.1 Å². The number of piperidine rings is 1. The summed E-state index contributed by atoms with van der Waals surface area (Å²) in [5.74, 6) is 0.573. The molecule has 138 valence electrons. The number of hydrogen-bond donors (Lipinski definition) is 1. The summed E-state index contributed by atoms with van der Waals surface area (Å²) in [5, 5.41) is 10.6. The molecule has 0 saturated carbocycles. The van der Waals surface area contributed by atoms with Gasteiger partial charge in [0.25, 0.3) is 0 Å². The molecule has 1 fully saturated rings. The third-order valence-electron chi connectivity index (χ3n) is 5.55. The van der Waals surface area contributed by atoms with Crippen LogP contribution in [-0.4, -0.2) is 26.8 Å². The maximum atomic E-state index is 4.97. The van der Waals surface area contributed by atoms with E-state index in [0.29, 0.717) is 18.0 Å². The van der Waals surface area contributed by atoms with E-state index in [-0.39, 0.29) is 0 Å². The molecule has 2 aromatic carbocycles. The molecule has 0 amide bonds. The third-order valence-corrected chi connectivity index (χ3v) is 6.73. The summed E-state index contributed by atoms with van der Waals surface area (Å²) in [4.78, 5) is 4.97. The lowest BCUT2D eigenvalue weighted by Crippen LogP contribution is -2.41. The van der Waals surface area contributed by atoms with E-state index in [1.165, 1.54) is 39.1 Å². The van der Waals surface area contributed by atoms with Crippen molar-refractivity contribution >= 4 is 32.5 Å². The normalized spacial score (nSPS) is 23.3. The summed E-state index contributed by atoms with van der Waals surface area (Å²) in [7, 11) is 1.97. The standard InChI is InChI=1S/C22H24N4S/c1-13-8-17(9-14(2)23-13)22-24-20-7-5-16(11-21(20)27-22)15-4-6-19-18(10-15)12-26(3)25-19/h4-7,10-14,17,23H,8-9H2,1-3H3. The summed E-state index contributed by atoms with van der Waals surface area (Å²) in [6, 6.07) is 14.3. The van der Waals surface area contributed by atoms with Gasteiger partial charge >= 0.3 is 0 Å². The summed E-state index contributed by atoms with van der Waals surface area (Å²) in [6.07, 6.45) is 4.42. The van der Waals surface area contributed by atoms with Crippen molar-refractivity contribution in [2.24, 2.45) is 7.05 Å². The SMILES string of the molecule is CC1CC(c2nc3ccc(-c4ccc5nn(C)cc5c4)cc3s2)CC(C)N1. The third kappa shape index (κ3) is 3.15. The van der Waals surface area contributed by atoms with Gasteiger partial charge in [0.1, 0.15) is 0 Å². The largest absolute Gasteiger partial charge is 0.312 e. The second-order valence-corrected chi connectivity index (χ2v) is 9.01. The molecule has 2 atom stereocenters. The topological polar surface area (TPSA) is 42.7 Å². The minimum atomic E-state index is 0.563. The van der Waals surface area contributed by atoms with Crippen LogP contribution in [0.15, 0.2) is 42.6 Å². The van der Waals surface area contributed by atoms with E-state index in [0.717, 1.165) is 11.0 Å². The molecule has 1 N–H and O–H groups in total. The maximum absolute atomic E-state index is 4.97. The van der Waals surface area contributed by atoms with Gasteiger partial charge in [0.05, 0.1) is 20.7 Å². The van der Waals surface area contributed by atoms with Crippen molar-refractivity contribution in [3.05, 3.63) is 47.6 Å². The van der Waals surface area contributed by atoms with Crippen molar-refractivity contribution in [3.63, 3.8) is 0 Å². The zero-order valence-electron chi connectivity index (χ0n) is 15.9. The zero-order chi connectivity index (χ0) is 18.5. The van der Waals surface area contributed by atoms with E-state index >= 15 is 0 Å². The number of nitrogens with one attached hydrogen (secondary N) is 1. The Morgan fingerprint density at radius 1 is 1.00 bits per heavy atom. The minimum Gasteiger partial charge on any atom is -0.312 e. The van der Waals surface area contributed by atoms with Gasteiger partial charge in [-0.1, -0.05) is 12.1 Å². The fourth-order valence-corrected chi connectivity index (χ4v) is 5.53. The number of nitrogens with zero attached hydrogens (tertiary/aromatic N) is 3. The molecule has 0 spiro atoms. The maximum Gasteiger partial charge on any atom is 0.0970 e. The van der Waals surface area contributed by atoms with Crippen LogP contribution in [0, 0.1) is 0 Å². The Labute approximate surface area is 163 Å². The molecular formula is C22H24N4S. The Kier molecular flexibility index (Phi) is 4.02. The van der Waals surface area contributed by atoms with Crippen LogP contribution in [0.2, 0.25) is 0 Å². The van der Waals surface area contributed by atoms with Crippen LogP contribution in [0.25, 0.3) is 32.2 Å². The van der Waals surface area contributed by atoms with E-state index in [1.54, 1.807) is 0 Å². The summed E-state index contributed by atoms with van der Waals surface area (Å²) >= 11 is 1.87. The van der Waals surface area contributed by atoms with E-state index in [4.69, 9.17) is 4.98 Å². The summed E-state index contributed by atoms with van der Waals surface area (Å²) in [5.41, 5.74) is 4.64. The second-order valence-electron chi connectivity index (χ2n) is 7.95. The number of rotatable bonds is 2. The lowest BCUT2D eigenvalue weighted by Gasteiger charge is -2.31. The Hall–Kier alpha value is -2.24. The van der Waals surface area contributed by atoms with Crippen LogP contribution in [0.3, 0.4) is 0 Å². The van der Waals surface area contributed by atoms with Crippen LogP contribution in [-0.2, 0) is 7.05 Å². The molecule has 0 radical (unpaired) electrons. The lowest BCUT2D eigenvalue weighted by atomic mass is 9.89. The van der Waals surface area contributed by atoms with Crippen LogP contribution in [0.4, 0.5) is 0 Å². The molecule has 1 saturated heterocycles. The van der Waals surface area contributed by atoms with E-state index < -0.39 is 0 Å². The number of aryl methyl sites for hydroxylation is 1. The Balaban J connectivity index is 1.51. The molecule has 1 aliphatic heterocycles. The van der Waals surface area contributed by atoms with Gasteiger partial charge in [-0.3, -0.25) is 4.68 Å². The average molecular weight is 377 g/mol. The molecule has 5 heteroatoms. The van der Waals surface area contributed by atoms with Gasteiger partial charge in [-0.25, -0.2) is 4.98 Å². The first-order valence-corrected chi connectivity index (χ1v) is 10.5. The van der Waals surface area contributed by atoms with Gasteiger partial charge in [0, 0.05) is 36.6 Å². The van der Waals surface area contributed by atoms with E-state index in [2.05, 4.69) is 66.9 Å². The molecule has 4 nitrogen and oxygen atoms in total. The highest BCUT2D eigenvalue weighted by Gasteiger charge is 2.26. The summed E-state index contributed by atoms with van der Waals surface area (Å²) in [6.45, 7) is 4.56. The van der Waals surface area contributed by atoms with Gasteiger partial charge < -0.3 is 5.32 Å². The van der Waals surface area contributed by atoms with Crippen molar-refractivity contribution < 1.29 is 0 Å². The quantitative estimate of drug-likeness (QED) is 0.530. The highest BCUT2D eigenvalue weighted by Crippen LogP contribution is 2.37. The number of hydrogen-bond acceptors (Lipinski definition) is 4. The fourth-order valence-electron chi connectivity index (χ4n) is 4.40. The van der Waals surface area contributed by atoms with Crippen LogP contribution < -0.4 is 5.32 Å². The van der Waals surface area contributed by atoms with E-state index in [1.807, 2.05) is 23.1 Å². The monoisotopic (exact) mass is 376 g/mol. The van der Waals surface area contributed by atoms with Crippen LogP contribution >= 0.6 is 11.3 Å². The molecule has 0 aliphatic carbocycles. The number of aromatic nitrogens is 3. The van der Waals surface area contributed by atoms with Gasteiger partial charge in [0.15, 0.2) is 0 Å². The van der Waals surface area contributed by atoms with Crippen molar-refractivity contribution in [2.45, 2.75) is 44.7 Å². The molecule has 1 aliphatic rings. The fraction of sp³-hybridized carbons (Fsp3) is 0.364. The van der Waals surface area contributed by atoms with Gasteiger partial charge in [-0.2, -0.15) is 5.10 Å². The van der Waals surface area contributed by atoms with Crippen molar-refractivity contribution in [2.75, 3.05) is 0 Å². The lowest BCUT2D eigenvalue weighted by molar-refractivity contribution is 0.316. The molecule has 0 bridgehead atoms. The Morgan fingerprint density at radius 3 is 2.48 bits per heavy atom. The highest BCUT2D eigenvalue weighted by atomic mass is 32.1. The van der Waals surface area contributed by atoms with Crippen LogP contribution in [0.5, 0.6) is 0 Å². The Morgan fingerprint density at radius 2 is 1.70 bits per heavy atom. The first-order valence-electron chi connectivity index (χ1n) is 9.65. The molecular weight excluding hydrogens is 352 g/mol. The first kappa shape index (κ1) is 16.9. The van der Waals surface area contributed by atoms with Crippen LogP contribution in [0.1, 0.15) is 37.6 Å². The first-order chi connectivity index (χ1) is 13.0. The van der Waals surface area contributed by atoms with Gasteiger partial charge in [0.2, 0.25) is 0 Å². The predicted molar refractivity (Wildman–Crippen MR) is 113 cm³/mol.